The van der Waals surface area contributed by atoms with Gasteiger partial charge < -0.3 is 15.0 Å². The Balaban J connectivity index is 1.40. The van der Waals surface area contributed by atoms with Crippen molar-refractivity contribution in [3.8, 4) is 5.75 Å². The quantitative estimate of drug-likeness (QED) is 0.939. The molecule has 0 saturated carbocycles. The van der Waals surface area contributed by atoms with E-state index in [0.717, 1.165) is 31.9 Å². The number of ether oxygens (including phenoxy) is 1. The van der Waals surface area contributed by atoms with E-state index in [1.165, 1.54) is 0 Å². The Morgan fingerprint density at radius 1 is 1.13 bits per heavy atom. The van der Waals surface area contributed by atoms with Crippen molar-refractivity contribution < 1.29 is 9.53 Å². The van der Waals surface area contributed by atoms with Crippen LogP contribution in [0.5, 0.6) is 5.75 Å². The molecular formula is C17H20N4O2. The molecule has 0 spiro atoms. The number of rotatable bonds is 4. The molecule has 0 radical (unpaired) electrons. The van der Waals surface area contributed by atoms with Crippen LogP contribution in [0.25, 0.3) is 0 Å². The van der Waals surface area contributed by atoms with Crippen LogP contribution in [0.4, 0.5) is 10.7 Å². The predicted octanol–water partition coefficient (Wildman–Crippen LogP) is 2.48. The molecule has 3 rings (SSSR count). The lowest BCUT2D eigenvalue weighted by Crippen LogP contribution is -2.40. The number of nitrogens with one attached hydrogen (secondary N) is 1. The number of amides is 1. The van der Waals surface area contributed by atoms with Gasteiger partial charge in [0, 0.05) is 32.0 Å². The zero-order valence-corrected chi connectivity index (χ0v) is 12.9. The van der Waals surface area contributed by atoms with Gasteiger partial charge >= 0.3 is 6.09 Å². The van der Waals surface area contributed by atoms with E-state index in [4.69, 9.17) is 4.74 Å². The molecule has 6 heteroatoms. The zero-order valence-electron chi connectivity index (χ0n) is 12.9. The molecule has 120 valence electrons. The number of carbonyl (C=O) groups excluding carboxylic acids is 1. The van der Waals surface area contributed by atoms with Gasteiger partial charge in [0.2, 0.25) is 5.95 Å². The van der Waals surface area contributed by atoms with Gasteiger partial charge in [0.15, 0.2) is 0 Å². The number of carbonyl (C=O) groups is 1. The van der Waals surface area contributed by atoms with E-state index >= 15 is 0 Å². The number of anilines is 1. The molecule has 1 saturated heterocycles. The molecule has 0 atom stereocenters. The molecule has 2 heterocycles. The van der Waals surface area contributed by atoms with E-state index in [-0.39, 0.29) is 0 Å². The molecule has 1 aliphatic heterocycles. The lowest BCUT2D eigenvalue weighted by atomic mass is 9.97. The first-order chi connectivity index (χ1) is 11.3. The summed E-state index contributed by atoms with van der Waals surface area (Å²) < 4.78 is 5.22. The molecule has 1 fully saturated rings. The summed E-state index contributed by atoms with van der Waals surface area (Å²) in [5, 5.41) is 2.84. The third kappa shape index (κ3) is 4.42. The molecule has 0 bridgehead atoms. The van der Waals surface area contributed by atoms with Crippen LogP contribution >= 0.6 is 0 Å². The summed E-state index contributed by atoms with van der Waals surface area (Å²) in [5.74, 6) is 1.79. The zero-order chi connectivity index (χ0) is 15.9. The Kier molecular flexibility index (Phi) is 5.03. The molecule has 2 aromatic rings. The van der Waals surface area contributed by atoms with Crippen molar-refractivity contribution in [2.24, 2.45) is 5.92 Å². The highest BCUT2D eigenvalue weighted by Gasteiger charge is 2.21. The van der Waals surface area contributed by atoms with E-state index in [2.05, 4.69) is 20.2 Å². The topological polar surface area (TPSA) is 67.4 Å². The van der Waals surface area contributed by atoms with Gasteiger partial charge in [-0.05, 0) is 37.0 Å². The maximum Gasteiger partial charge on any atom is 0.412 e. The Morgan fingerprint density at radius 2 is 1.83 bits per heavy atom. The van der Waals surface area contributed by atoms with Gasteiger partial charge in [0.25, 0.3) is 0 Å². The average molecular weight is 312 g/mol. The average Bonchev–Trinajstić information content (AvgIpc) is 2.62. The van der Waals surface area contributed by atoms with Crippen molar-refractivity contribution >= 4 is 12.0 Å². The predicted molar refractivity (Wildman–Crippen MR) is 87.4 cm³/mol. The smallest absolute Gasteiger partial charge is 0.410 e. The molecule has 0 aliphatic carbocycles. The lowest BCUT2D eigenvalue weighted by Gasteiger charge is -2.31. The maximum absolute atomic E-state index is 11.8. The first-order valence-electron chi connectivity index (χ1n) is 7.84. The van der Waals surface area contributed by atoms with Crippen molar-refractivity contribution in [1.82, 2.24) is 15.3 Å². The van der Waals surface area contributed by atoms with Crippen LogP contribution in [0.2, 0.25) is 0 Å². The van der Waals surface area contributed by atoms with Crippen molar-refractivity contribution in [3.63, 3.8) is 0 Å². The van der Waals surface area contributed by atoms with Crippen molar-refractivity contribution in [2.75, 3.05) is 24.5 Å². The molecular weight excluding hydrogens is 292 g/mol. The van der Waals surface area contributed by atoms with Crippen LogP contribution in [0.1, 0.15) is 12.8 Å². The SMILES string of the molecule is O=C(NCC1CCN(c2ncccn2)CC1)Oc1ccccc1. The molecule has 1 N–H and O–H groups in total. The Labute approximate surface area is 135 Å². The van der Waals surface area contributed by atoms with Crippen LogP contribution in [0.3, 0.4) is 0 Å². The van der Waals surface area contributed by atoms with E-state index in [0.29, 0.717) is 18.2 Å². The van der Waals surface area contributed by atoms with Crippen LogP contribution < -0.4 is 15.0 Å². The van der Waals surface area contributed by atoms with Gasteiger partial charge in [-0.1, -0.05) is 18.2 Å². The molecule has 23 heavy (non-hydrogen) atoms. The summed E-state index contributed by atoms with van der Waals surface area (Å²) >= 11 is 0. The number of piperidine rings is 1. The summed E-state index contributed by atoms with van der Waals surface area (Å²) in [4.78, 5) is 22.5. The first kappa shape index (κ1) is 15.3. The van der Waals surface area contributed by atoms with Crippen molar-refractivity contribution in [3.05, 3.63) is 48.8 Å². The second-order valence-electron chi connectivity index (χ2n) is 5.56. The van der Waals surface area contributed by atoms with E-state index < -0.39 is 6.09 Å². The number of benzene rings is 1. The third-order valence-corrected chi connectivity index (χ3v) is 3.94. The third-order valence-electron chi connectivity index (χ3n) is 3.94. The fourth-order valence-corrected chi connectivity index (χ4v) is 2.65. The van der Waals surface area contributed by atoms with Gasteiger partial charge in [-0.15, -0.1) is 0 Å². The van der Waals surface area contributed by atoms with Crippen LogP contribution in [-0.4, -0.2) is 35.7 Å². The van der Waals surface area contributed by atoms with Gasteiger partial charge in [-0.2, -0.15) is 0 Å². The molecule has 6 nitrogen and oxygen atoms in total. The van der Waals surface area contributed by atoms with Gasteiger partial charge in [-0.25, -0.2) is 14.8 Å². The minimum atomic E-state index is -0.398. The molecule has 1 amide bonds. The van der Waals surface area contributed by atoms with E-state index in [1.54, 1.807) is 24.5 Å². The summed E-state index contributed by atoms with van der Waals surface area (Å²) in [6.45, 7) is 2.45. The maximum atomic E-state index is 11.8. The second-order valence-corrected chi connectivity index (χ2v) is 5.56. The lowest BCUT2D eigenvalue weighted by molar-refractivity contribution is 0.197. The molecule has 1 aromatic carbocycles. The summed E-state index contributed by atoms with van der Waals surface area (Å²) in [7, 11) is 0. The Morgan fingerprint density at radius 3 is 2.52 bits per heavy atom. The van der Waals surface area contributed by atoms with Crippen molar-refractivity contribution in [2.45, 2.75) is 12.8 Å². The summed E-state index contributed by atoms with van der Waals surface area (Å²) in [5.41, 5.74) is 0. The Bertz CT molecular complexity index is 613. The number of aromatic nitrogens is 2. The second kappa shape index (κ2) is 7.58. The number of hydrogen-bond donors (Lipinski definition) is 1. The Hall–Kier alpha value is -2.63. The molecule has 1 aliphatic rings. The van der Waals surface area contributed by atoms with E-state index in [9.17, 15) is 4.79 Å². The van der Waals surface area contributed by atoms with Gasteiger partial charge in [0.05, 0.1) is 0 Å². The van der Waals surface area contributed by atoms with Gasteiger partial charge in [0.1, 0.15) is 5.75 Å². The summed E-state index contributed by atoms with van der Waals surface area (Å²) in [6.07, 6.45) is 5.13. The number of para-hydroxylation sites is 1. The molecule has 0 unspecified atom stereocenters. The minimum Gasteiger partial charge on any atom is -0.410 e. The normalized spacial score (nSPS) is 15.2. The van der Waals surface area contributed by atoms with Crippen LogP contribution in [0.15, 0.2) is 48.8 Å². The summed E-state index contributed by atoms with van der Waals surface area (Å²) in [6, 6.07) is 10.9. The largest absolute Gasteiger partial charge is 0.412 e. The number of hydrogen-bond acceptors (Lipinski definition) is 5. The first-order valence-corrected chi connectivity index (χ1v) is 7.84. The van der Waals surface area contributed by atoms with Gasteiger partial charge in [-0.3, -0.25) is 0 Å². The monoisotopic (exact) mass is 312 g/mol. The van der Waals surface area contributed by atoms with E-state index in [1.807, 2.05) is 24.3 Å². The van der Waals surface area contributed by atoms with Crippen LogP contribution in [0, 0.1) is 5.92 Å². The molecule has 1 aromatic heterocycles. The van der Waals surface area contributed by atoms with Crippen LogP contribution in [-0.2, 0) is 0 Å². The standard InChI is InChI=1S/C17H20N4O2/c22-17(23-15-5-2-1-3-6-15)20-13-14-7-11-21(12-8-14)16-18-9-4-10-19-16/h1-6,9-10,14H,7-8,11-13H2,(H,20,22). The highest BCUT2D eigenvalue weighted by atomic mass is 16.6. The number of nitrogens with zero attached hydrogens (tertiary/aromatic N) is 3. The highest BCUT2D eigenvalue weighted by Crippen LogP contribution is 2.19. The van der Waals surface area contributed by atoms with Crippen molar-refractivity contribution in [1.29, 1.82) is 0 Å². The fraction of sp³-hybridized carbons (Fsp3) is 0.353. The highest BCUT2D eigenvalue weighted by molar-refractivity contribution is 5.70. The minimum absolute atomic E-state index is 0.398. The fourth-order valence-electron chi connectivity index (χ4n) is 2.65.